The summed E-state index contributed by atoms with van der Waals surface area (Å²) in [7, 11) is 0. The van der Waals surface area contributed by atoms with Crippen molar-refractivity contribution in [2.45, 2.75) is 12.8 Å². The fraction of sp³-hybridized carbons (Fsp3) is 0.200. The molecule has 0 aliphatic carbocycles. The summed E-state index contributed by atoms with van der Waals surface area (Å²) in [5, 5.41) is 30.6. The summed E-state index contributed by atoms with van der Waals surface area (Å²) in [5.74, 6) is -2.33. The number of hydrogen-bond acceptors (Lipinski definition) is 5. The zero-order valence-electron chi connectivity index (χ0n) is 9.12. The summed E-state index contributed by atoms with van der Waals surface area (Å²) in [6.45, 7) is 0. The lowest BCUT2D eigenvalue weighted by Gasteiger charge is -2.06. The number of carboxylic acids is 1. The minimum atomic E-state index is -1.16. The number of nitrogens with zero attached hydrogens (tertiary/aromatic N) is 1. The van der Waals surface area contributed by atoms with Crippen molar-refractivity contribution in [3.05, 3.63) is 28.3 Å². The molecule has 0 aliphatic heterocycles. The Labute approximate surface area is 101 Å². The first-order valence-electron chi connectivity index (χ1n) is 4.90. The van der Waals surface area contributed by atoms with Crippen LogP contribution in [0.1, 0.15) is 12.8 Å². The molecular weight excluding hydrogens is 244 g/mol. The second kappa shape index (κ2) is 5.62. The van der Waals surface area contributed by atoms with Gasteiger partial charge in [-0.15, -0.1) is 0 Å². The predicted molar refractivity (Wildman–Crippen MR) is 60.3 cm³/mol. The molecule has 0 spiro atoms. The third-order valence-corrected chi connectivity index (χ3v) is 2.05. The Balaban J connectivity index is 2.86. The van der Waals surface area contributed by atoms with E-state index in [9.17, 15) is 24.8 Å². The molecule has 0 aliphatic rings. The van der Waals surface area contributed by atoms with Crippen LogP contribution < -0.4 is 5.32 Å². The highest BCUT2D eigenvalue weighted by Gasteiger charge is 2.19. The molecular formula is C10H10N2O6. The number of aromatic hydroxyl groups is 1. The Morgan fingerprint density at radius 2 is 2.00 bits per heavy atom. The van der Waals surface area contributed by atoms with Crippen molar-refractivity contribution < 1.29 is 24.7 Å². The van der Waals surface area contributed by atoms with E-state index in [-0.39, 0.29) is 12.1 Å². The van der Waals surface area contributed by atoms with E-state index >= 15 is 0 Å². The second-order valence-electron chi connectivity index (χ2n) is 3.37. The number of carbonyl (C=O) groups is 2. The van der Waals surface area contributed by atoms with Crippen LogP contribution >= 0.6 is 0 Å². The SMILES string of the molecule is O=C(O)CCC(=O)Nc1c(O)cccc1[N+](=O)[O-]. The van der Waals surface area contributed by atoms with Gasteiger partial charge in [0.05, 0.1) is 11.3 Å². The number of phenols is 1. The number of amides is 1. The van der Waals surface area contributed by atoms with Crippen molar-refractivity contribution in [3.8, 4) is 5.75 Å². The molecule has 0 atom stereocenters. The Morgan fingerprint density at radius 1 is 1.33 bits per heavy atom. The molecule has 0 heterocycles. The van der Waals surface area contributed by atoms with Gasteiger partial charge in [-0.25, -0.2) is 0 Å². The fourth-order valence-corrected chi connectivity index (χ4v) is 1.23. The number of anilines is 1. The molecule has 3 N–H and O–H groups in total. The summed E-state index contributed by atoms with van der Waals surface area (Å²) >= 11 is 0. The quantitative estimate of drug-likeness (QED) is 0.410. The van der Waals surface area contributed by atoms with E-state index in [1.165, 1.54) is 12.1 Å². The molecule has 1 aromatic carbocycles. The van der Waals surface area contributed by atoms with E-state index in [1.807, 2.05) is 0 Å². The van der Waals surface area contributed by atoms with E-state index in [1.54, 1.807) is 0 Å². The van der Waals surface area contributed by atoms with Crippen molar-refractivity contribution >= 4 is 23.3 Å². The molecule has 0 fully saturated rings. The minimum Gasteiger partial charge on any atom is -0.505 e. The van der Waals surface area contributed by atoms with Gasteiger partial charge in [0.15, 0.2) is 5.69 Å². The van der Waals surface area contributed by atoms with Crippen LogP contribution in [0.25, 0.3) is 0 Å². The number of carbonyl (C=O) groups excluding carboxylic acids is 1. The molecule has 8 heteroatoms. The lowest BCUT2D eigenvalue weighted by Crippen LogP contribution is -2.14. The van der Waals surface area contributed by atoms with E-state index in [4.69, 9.17) is 5.11 Å². The Morgan fingerprint density at radius 3 is 2.56 bits per heavy atom. The molecule has 96 valence electrons. The molecule has 18 heavy (non-hydrogen) atoms. The summed E-state index contributed by atoms with van der Waals surface area (Å²) in [4.78, 5) is 31.5. The highest BCUT2D eigenvalue weighted by molar-refractivity contribution is 5.96. The van der Waals surface area contributed by atoms with Crippen LogP contribution in [0.15, 0.2) is 18.2 Å². The van der Waals surface area contributed by atoms with Gasteiger partial charge in [-0.05, 0) is 6.07 Å². The topological polar surface area (TPSA) is 130 Å². The van der Waals surface area contributed by atoms with Crippen LogP contribution in [0, 0.1) is 10.1 Å². The van der Waals surface area contributed by atoms with E-state index in [0.29, 0.717) is 0 Å². The van der Waals surface area contributed by atoms with Crippen LogP contribution in [0.3, 0.4) is 0 Å². The largest absolute Gasteiger partial charge is 0.505 e. The predicted octanol–water partition coefficient (Wildman–Crippen LogP) is 1.10. The number of para-hydroxylation sites is 1. The first-order valence-corrected chi connectivity index (χ1v) is 4.90. The van der Waals surface area contributed by atoms with Crippen LogP contribution in [0.2, 0.25) is 0 Å². The molecule has 1 amide bonds. The fourth-order valence-electron chi connectivity index (χ4n) is 1.23. The lowest BCUT2D eigenvalue weighted by molar-refractivity contribution is -0.384. The standard InChI is InChI=1S/C10H10N2O6/c13-7-3-1-2-6(12(17)18)10(7)11-8(14)4-5-9(15)16/h1-3,13H,4-5H2,(H,11,14)(H,15,16). The monoisotopic (exact) mass is 254 g/mol. The van der Waals surface area contributed by atoms with Gasteiger partial charge in [0.2, 0.25) is 5.91 Å². The van der Waals surface area contributed by atoms with Crippen LogP contribution in [-0.4, -0.2) is 27.0 Å². The molecule has 0 saturated carbocycles. The third-order valence-electron chi connectivity index (χ3n) is 2.05. The average Bonchev–Trinajstić information content (AvgIpc) is 2.28. The zero-order chi connectivity index (χ0) is 13.7. The van der Waals surface area contributed by atoms with Gasteiger partial charge in [0, 0.05) is 12.5 Å². The Kier molecular flexibility index (Phi) is 4.19. The lowest BCUT2D eigenvalue weighted by atomic mass is 10.2. The zero-order valence-corrected chi connectivity index (χ0v) is 9.12. The number of hydrogen-bond donors (Lipinski definition) is 3. The molecule has 0 radical (unpaired) electrons. The van der Waals surface area contributed by atoms with Crippen molar-refractivity contribution in [2.75, 3.05) is 5.32 Å². The first-order chi connectivity index (χ1) is 8.41. The maximum Gasteiger partial charge on any atom is 0.303 e. The Bertz CT molecular complexity index is 499. The summed E-state index contributed by atoms with van der Waals surface area (Å²) in [5.41, 5.74) is -0.795. The number of carboxylic acid groups (broad SMARTS) is 1. The third kappa shape index (κ3) is 3.44. The van der Waals surface area contributed by atoms with Crippen LogP contribution in [-0.2, 0) is 9.59 Å². The van der Waals surface area contributed by atoms with Gasteiger partial charge in [-0.3, -0.25) is 19.7 Å². The minimum absolute atomic E-state index is 0.333. The molecule has 0 bridgehead atoms. The molecule has 0 unspecified atom stereocenters. The number of phenolic OH excluding ortho intramolecular Hbond substituents is 1. The second-order valence-corrected chi connectivity index (χ2v) is 3.37. The van der Waals surface area contributed by atoms with E-state index < -0.39 is 34.7 Å². The molecule has 1 rings (SSSR count). The van der Waals surface area contributed by atoms with Gasteiger partial charge < -0.3 is 15.5 Å². The van der Waals surface area contributed by atoms with E-state index in [0.717, 1.165) is 6.07 Å². The summed E-state index contributed by atoms with van der Waals surface area (Å²) in [6, 6.07) is 3.56. The highest BCUT2D eigenvalue weighted by Crippen LogP contribution is 2.33. The van der Waals surface area contributed by atoms with Gasteiger partial charge in [-0.2, -0.15) is 0 Å². The van der Waals surface area contributed by atoms with Gasteiger partial charge in [0.1, 0.15) is 5.75 Å². The molecule has 8 nitrogen and oxygen atoms in total. The van der Waals surface area contributed by atoms with Crippen molar-refractivity contribution in [2.24, 2.45) is 0 Å². The maximum absolute atomic E-state index is 11.3. The highest BCUT2D eigenvalue weighted by atomic mass is 16.6. The molecule has 0 saturated heterocycles. The maximum atomic E-state index is 11.3. The van der Waals surface area contributed by atoms with Crippen LogP contribution in [0.4, 0.5) is 11.4 Å². The number of nitrogens with one attached hydrogen (secondary N) is 1. The number of nitro groups is 1. The van der Waals surface area contributed by atoms with Gasteiger partial charge in [0.25, 0.3) is 5.69 Å². The summed E-state index contributed by atoms with van der Waals surface area (Å²) in [6.07, 6.45) is -0.728. The number of benzene rings is 1. The Hall–Kier alpha value is -2.64. The number of aliphatic carboxylic acids is 1. The van der Waals surface area contributed by atoms with Crippen molar-refractivity contribution in [1.82, 2.24) is 0 Å². The van der Waals surface area contributed by atoms with Crippen molar-refractivity contribution in [1.29, 1.82) is 0 Å². The van der Waals surface area contributed by atoms with Gasteiger partial charge >= 0.3 is 5.97 Å². The van der Waals surface area contributed by atoms with Gasteiger partial charge in [-0.1, -0.05) is 6.07 Å². The normalized spacial score (nSPS) is 9.78. The average molecular weight is 254 g/mol. The summed E-state index contributed by atoms with van der Waals surface area (Å²) < 4.78 is 0. The number of nitro benzene ring substituents is 1. The number of rotatable bonds is 5. The van der Waals surface area contributed by atoms with Crippen molar-refractivity contribution in [3.63, 3.8) is 0 Å². The smallest absolute Gasteiger partial charge is 0.303 e. The van der Waals surface area contributed by atoms with E-state index in [2.05, 4.69) is 5.32 Å². The molecule has 1 aromatic rings. The molecule has 0 aromatic heterocycles. The van der Waals surface area contributed by atoms with Crippen LogP contribution in [0.5, 0.6) is 5.75 Å². The first kappa shape index (κ1) is 13.4.